The first-order valence-corrected chi connectivity index (χ1v) is 10.2. The Morgan fingerprint density at radius 3 is 2.60 bits per heavy atom. The Hall–Kier alpha value is -3.58. The zero-order chi connectivity index (χ0) is 21.1. The topological polar surface area (TPSA) is 82.3 Å². The van der Waals surface area contributed by atoms with E-state index in [1.54, 1.807) is 24.3 Å². The van der Waals surface area contributed by atoms with Gasteiger partial charge in [0.25, 0.3) is 5.89 Å². The predicted molar refractivity (Wildman–Crippen MR) is 113 cm³/mol. The molecular weight excluding hydrogens is 400 g/mol. The second-order valence-corrected chi connectivity index (χ2v) is 7.58. The molecule has 0 unspecified atom stereocenters. The van der Waals surface area contributed by atoms with Crippen LogP contribution < -0.4 is 0 Å². The van der Waals surface area contributed by atoms with Gasteiger partial charge in [0.15, 0.2) is 12.4 Å². The summed E-state index contributed by atoms with van der Waals surface area (Å²) < 4.78 is 10.5. The van der Waals surface area contributed by atoms with Crippen molar-refractivity contribution in [1.82, 2.24) is 10.1 Å². The maximum Gasteiger partial charge on any atom is 0.339 e. The largest absolute Gasteiger partial charge is 0.454 e. The Labute approximate surface area is 177 Å². The third kappa shape index (κ3) is 4.06. The Morgan fingerprint density at radius 1 is 1.03 bits per heavy atom. The fourth-order valence-corrected chi connectivity index (χ4v) is 3.64. The van der Waals surface area contributed by atoms with Crippen LogP contribution in [0.25, 0.3) is 11.5 Å². The number of hydrogen-bond donors (Lipinski definition) is 0. The highest BCUT2D eigenvalue weighted by atomic mass is 32.1. The van der Waals surface area contributed by atoms with Gasteiger partial charge in [-0.1, -0.05) is 41.1 Å². The lowest BCUT2D eigenvalue weighted by Crippen LogP contribution is -2.14. The summed E-state index contributed by atoms with van der Waals surface area (Å²) in [6, 6.07) is 14.2. The maximum absolute atomic E-state index is 13.1. The Morgan fingerprint density at radius 2 is 1.83 bits per heavy atom. The third-order valence-electron chi connectivity index (χ3n) is 4.60. The van der Waals surface area contributed by atoms with Crippen molar-refractivity contribution in [3.8, 4) is 11.5 Å². The zero-order valence-corrected chi connectivity index (χ0v) is 17.2. The lowest BCUT2D eigenvalue weighted by atomic mass is 9.94. The molecule has 0 spiro atoms. The SMILES string of the molecule is Cc1ccc(C)c(C(=O)c2ccccc2C(=O)OCc2noc(-c3ccsc3)n2)c1. The van der Waals surface area contributed by atoms with Crippen LogP contribution in [0.4, 0.5) is 0 Å². The first kappa shape index (κ1) is 19.7. The molecule has 0 fully saturated rings. The van der Waals surface area contributed by atoms with E-state index in [0.29, 0.717) is 17.0 Å². The average molecular weight is 418 g/mol. The van der Waals surface area contributed by atoms with E-state index in [0.717, 1.165) is 16.7 Å². The number of esters is 1. The molecule has 0 saturated heterocycles. The van der Waals surface area contributed by atoms with Crippen molar-refractivity contribution in [2.75, 3.05) is 0 Å². The number of rotatable bonds is 6. The Balaban J connectivity index is 1.53. The summed E-state index contributed by atoms with van der Waals surface area (Å²) in [6.45, 7) is 3.64. The van der Waals surface area contributed by atoms with Gasteiger partial charge >= 0.3 is 5.97 Å². The molecule has 150 valence electrons. The summed E-state index contributed by atoms with van der Waals surface area (Å²) in [5, 5.41) is 7.63. The quantitative estimate of drug-likeness (QED) is 0.324. The van der Waals surface area contributed by atoms with E-state index in [1.165, 1.54) is 11.3 Å². The number of aryl methyl sites for hydroxylation is 2. The predicted octanol–water partition coefficient (Wildman–Crippen LogP) is 5.00. The maximum atomic E-state index is 13.1. The van der Waals surface area contributed by atoms with Gasteiger partial charge in [0.1, 0.15) is 0 Å². The first-order chi connectivity index (χ1) is 14.5. The molecule has 2 aromatic heterocycles. The van der Waals surface area contributed by atoms with Gasteiger partial charge in [-0.15, -0.1) is 0 Å². The van der Waals surface area contributed by atoms with E-state index in [-0.39, 0.29) is 23.8 Å². The molecule has 4 aromatic rings. The first-order valence-electron chi connectivity index (χ1n) is 9.26. The fourth-order valence-electron chi connectivity index (χ4n) is 3.01. The van der Waals surface area contributed by atoms with E-state index >= 15 is 0 Å². The second kappa shape index (κ2) is 8.42. The highest BCUT2D eigenvalue weighted by molar-refractivity contribution is 7.08. The summed E-state index contributed by atoms with van der Waals surface area (Å²) >= 11 is 1.52. The van der Waals surface area contributed by atoms with Crippen LogP contribution in [-0.2, 0) is 11.3 Å². The molecule has 0 bridgehead atoms. The van der Waals surface area contributed by atoms with Gasteiger partial charge < -0.3 is 9.26 Å². The van der Waals surface area contributed by atoms with Crippen molar-refractivity contribution >= 4 is 23.1 Å². The van der Waals surface area contributed by atoms with Crippen LogP contribution in [0.1, 0.15) is 43.2 Å². The van der Waals surface area contributed by atoms with Crippen LogP contribution in [0.3, 0.4) is 0 Å². The molecule has 0 aliphatic heterocycles. The molecule has 2 aromatic carbocycles. The van der Waals surface area contributed by atoms with Gasteiger partial charge in [-0.2, -0.15) is 16.3 Å². The van der Waals surface area contributed by atoms with Crippen LogP contribution >= 0.6 is 11.3 Å². The van der Waals surface area contributed by atoms with Gasteiger partial charge in [0, 0.05) is 16.5 Å². The van der Waals surface area contributed by atoms with Crippen molar-refractivity contribution in [2.45, 2.75) is 20.5 Å². The van der Waals surface area contributed by atoms with Gasteiger partial charge in [0.2, 0.25) is 5.82 Å². The number of ketones is 1. The molecule has 6 nitrogen and oxygen atoms in total. The highest BCUT2D eigenvalue weighted by Crippen LogP contribution is 2.21. The molecule has 0 saturated carbocycles. The Kier molecular flexibility index (Phi) is 5.54. The van der Waals surface area contributed by atoms with Gasteiger partial charge in [-0.05, 0) is 43.0 Å². The Bertz CT molecular complexity index is 1210. The molecule has 2 heterocycles. The molecule has 0 radical (unpaired) electrons. The van der Waals surface area contributed by atoms with Crippen molar-refractivity contribution < 1.29 is 18.8 Å². The average Bonchev–Trinajstić information content (AvgIpc) is 3.45. The molecular formula is C23H18N2O4S. The lowest BCUT2D eigenvalue weighted by Gasteiger charge is -2.10. The number of carbonyl (C=O) groups excluding carboxylic acids is 2. The highest BCUT2D eigenvalue weighted by Gasteiger charge is 2.21. The molecule has 0 aliphatic carbocycles. The summed E-state index contributed by atoms with van der Waals surface area (Å²) in [5.74, 6) is -0.218. The van der Waals surface area contributed by atoms with Crippen LogP contribution in [0, 0.1) is 13.8 Å². The van der Waals surface area contributed by atoms with Crippen molar-refractivity contribution in [1.29, 1.82) is 0 Å². The van der Waals surface area contributed by atoms with Crippen LogP contribution in [0.2, 0.25) is 0 Å². The summed E-state index contributed by atoms with van der Waals surface area (Å²) in [4.78, 5) is 30.0. The van der Waals surface area contributed by atoms with E-state index in [4.69, 9.17) is 9.26 Å². The van der Waals surface area contributed by atoms with Crippen molar-refractivity contribution in [3.63, 3.8) is 0 Å². The van der Waals surface area contributed by atoms with Crippen LogP contribution in [-0.4, -0.2) is 21.9 Å². The van der Waals surface area contributed by atoms with E-state index < -0.39 is 5.97 Å². The lowest BCUT2D eigenvalue weighted by molar-refractivity contribution is 0.0457. The number of carbonyl (C=O) groups is 2. The molecule has 30 heavy (non-hydrogen) atoms. The van der Waals surface area contributed by atoms with Crippen molar-refractivity contribution in [2.24, 2.45) is 0 Å². The molecule has 0 atom stereocenters. The van der Waals surface area contributed by atoms with E-state index in [2.05, 4.69) is 10.1 Å². The number of aromatic nitrogens is 2. The molecule has 0 aliphatic rings. The van der Waals surface area contributed by atoms with Gasteiger partial charge in [-0.3, -0.25) is 4.79 Å². The summed E-state index contributed by atoms with van der Waals surface area (Å²) in [7, 11) is 0. The number of nitrogens with zero attached hydrogens (tertiary/aromatic N) is 2. The molecule has 7 heteroatoms. The molecule has 0 N–H and O–H groups in total. The molecule has 4 rings (SSSR count). The molecule has 0 amide bonds. The monoisotopic (exact) mass is 418 g/mol. The fraction of sp³-hybridized carbons (Fsp3) is 0.130. The second-order valence-electron chi connectivity index (χ2n) is 6.80. The minimum atomic E-state index is -0.619. The smallest absolute Gasteiger partial charge is 0.339 e. The van der Waals surface area contributed by atoms with E-state index in [1.807, 2.05) is 48.9 Å². The van der Waals surface area contributed by atoms with E-state index in [9.17, 15) is 9.59 Å². The zero-order valence-electron chi connectivity index (χ0n) is 16.4. The summed E-state index contributed by atoms with van der Waals surface area (Å²) in [6.07, 6.45) is 0. The van der Waals surface area contributed by atoms with Crippen molar-refractivity contribution in [3.05, 3.63) is 92.9 Å². The van der Waals surface area contributed by atoms with Crippen LogP contribution in [0.15, 0.2) is 63.8 Å². The number of hydrogen-bond acceptors (Lipinski definition) is 7. The minimum Gasteiger partial charge on any atom is -0.454 e. The van der Waals surface area contributed by atoms with Gasteiger partial charge in [0.05, 0.1) is 11.1 Å². The van der Waals surface area contributed by atoms with Gasteiger partial charge in [-0.25, -0.2) is 4.79 Å². The number of ether oxygens (including phenoxy) is 1. The van der Waals surface area contributed by atoms with Crippen LogP contribution in [0.5, 0.6) is 0 Å². The normalized spacial score (nSPS) is 10.7. The standard InChI is InChI=1S/C23H18N2O4S/c1-14-7-8-15(2)19(11-14)21(26)17-5-3-4-6-18(17)23(27)28-12-20-24-22(29-25-20)16-9-10-30-13-16/h3-11,13H,12H2,1-2H3. The number of thiophene rings is 1. The number of benzene rings is 2. The minimum absolute atomic E-state index is 0.154. The third-order valence-corrected chi connectivity index (χ3v) is 5.28. The summed E-state index contributed by atoms with van der Waals surface area (Å²) in [5.41, 5.74) is 3.70.